The number of hydrogen-bond donors (Lipinski definition) is 3. The van der Waals surface area contributed by atoms with E-state index < -0.39 is 12.1 Å². The first-order chi connectivity index (χ1) is 32.0. The van der Waals surface area contributed by atoms with Gasteiger partial charge in [0.2, 0.25) is 5.91 Å². The maximum Gasteiger partial charge on any atom is 0.305 e. The smallest absolute Gasteiger partial charge is 0.305 e. The Hall–Kier alpha value is -1.14. The van der Waals surface area contributed by atoms with Crippen LogP contribution >= 0.6 is 0 Å². The summed E-state index contributed by atoms with van der Waals surface area (Å²) in [4.78, 5) is 24.4. The molecule has 0 heterocycles. The Kier molecular flexibility index (Phi) is 54.5. The Balaban J connectivity index is 3.30. The first-order valence-electron chi connectivity index (χ1n) is 29.8. The van der Waals surface area contributed by atoms with Gasteiger partial charge in [-0.05, 0) is 25.7 Å². The first kappa shape index (κ1) is 63.9. The molecule has 388 valence electrons. The minimum absolute atomic E-state index is 0.0193. The lowest BCUT2D eigenvalue weighted by atomic mass is 10.0. The Bertz CT molecular complexity index is 928. The molecule has 0 aromatic heterocycles. The number of rotatable bonds is 56. The largest absolute Gasteiger partial charge is 0.466 e. The Labute approximate surface area is 406 Å². The number of aliphatic hydroxyl groups is 2. The highest BCUT2D eigenvalue weighted by atomic mass is 16.5. The van der Waals surface area contributed by atoms with Crippen LogP contribution < -0.4 is 5.32 Å². The van der Waals surface area contributed by atoms with Crippen LogP contribution in [0.3, 0.4) is 0 Å². The van der Waals surface area contributed by atoms with Crippen molar-refractivity contribution in [2.24, 2.45) is 0 Å². The molecule has 0 radical (unpaired) electrons. The highest BCUT2D eigenvalue weighted by Gasteiger charge is 2.20. The van der Waals surface area contributed by atoms with E-state index in [0.717, 1.165) is 38.5 Å². The van der Waals surface area contributed by atoms with Crippen molar-refractivity contribution in [2.75, 3.05) is 13.2 Å². The fourth-order valence-corrected chi connectivity index (χ4v) is 9.58. The molecule has 0 aliphatic heterocycles. The zero-order valence-corrected chi connectivity index (χ0v) is 44.3. The van der Waals surface area contributed by atoms with E-state index in [9.17, 15) is 19.8 Å². The van der Waals surface area contributed by atoms with Crippen molar-refractivity contribution in [1.29, 1.82) is 0 Å². The standard InChI is InChI=1S/C59H117NO5/c1-3-5-7-9-11-13-14-15-30-33-37-41-45-49-53-59(64)65-54-50-46-42-38-34-31-28-26-24-22-20-18-16-17-19-21-23-25-27-29-32-36-40-44-48-52-58(63)60-56(55-61)57(62)51-47-43-39-35-12-10-8-6-4-2/h56-57,61-62H,3-55H2,1-2H3,(H,60,63). The molecule has 1 amide bonds. The van der Waals surface area contributed by atoms with Crippen LogP contribution in [0.4, 0.5) is 0 Å². The van der Waals surface area contributed by atoms with E-state index in [2.05, 4.69) is 19.2 Å². The van der Waals surface area contributed by atoms with Crippen molar-refractivity contribution in [1.82, 2.24) is 5.32 Å². The lowest BCUT2D eigenvalue weighted by Crippen LogP contribution is -2.45. The van der Waals surface area contributed by atoms with Gasteiger partial charge in [0.25, 0.3) is 0 Å². The summed E-state index contributed by atoms with van der Waals surface area (Å²) in [5.74, 6) is -0.0147. The van der Waals surface area contributed by atoms with Crippen molar-refractivity contribution < 1.29 is 24.5 Å². The van der Waals surface area contributed by atoms with Gasteiger partial charge < -0.3 is 20.3 Å². The molecule has 0 fully saturated rings. The van der Waals surface area contributed by atoms with E-state index in [1.54, 1.807) is 0 Å². The molecular weight excluding hydrogens is 803 g/mol. The molecule has 0 aromatic carbocycles. The van der Waals surface area contributed by atoms with Gasteiger partial charge in [-0.25, -0.2) is 0 Å². The minimum Gasteiger partial charge on any atom is -0.466 e. The topological polar surface area (TPSA) is 95.9 Å². The Morgan fingerprint density at radius 1 is 0.369 bits per heavy atom. The average Bonchev–Trinajstić information content (AvgIpc) is 3.31. The van der Waals surface area contributed by atoms with Crippen molar-refractivity contribution in [3.63, 3.8) is 0 Å². The molecule has 6 nitrogen and oxygen atoms in total. The van der Waals surface area contributed by atoms with E-state index in [4.69, 9.17) is 4.74 Å². The molecule has 0 spiro atoms. The summed E-state index contributed by atoms with van der Waals surface area (Å²) >= 11 is 0. The number of carbonyl (C=O) groups is 2. The molecule has 0 bridgehead atoms. The third-order valence-electron chi connectivity index (χ3n) is 14.2. The van der Waals surface area contributed by atoms with Gasteiger partial charge >= 0.3 is 5.97 Å². The van der Waals surface area contributed by atoms with Crippen LogP contribution in [0.25, 0.3) is 0 Å². The second-order valence-electron chi connectivity index (χ2n) is 20.7. The summed E-state index contributed by atoms with van der Waals surface area (Å²) in [6.07, 6.45) is 64.1. The molecule has 2 unspecified atom stereocenters. The van der Waals surface area contributed by atoms with Crippen LogP contribution in [0.5, 0.6) is 0 Å². The molecule has 0 aliphatic carbocycles. The number of esters is 1. The first-order valence-corrected chi connectivity index (χ1v) is 29.8. The zero-order valence-electron chi connectivity index (χ0n) is 44.3. The number of amides is 1. The van der Waals surface area contributed by atoms with Gasteiger partial charge in [-0.3, -0.25) is 9.59 Å². The molecule has 0 saturated carbocycles. The summed E-state index contributed by atoms with van der Waals surface area (Å²) < 4.78 is 5.49. The van der Waals surface area contributed by atoms with Crippen molar-refractivity contribution >= 4 is 11.9 Å². The second kappa shape index (κ2) is 55.5. The Morgan fingerprint density at radius 2 is 0.631 bits per heavy atom. The van der Waals surface area contributed by atoms with E-state index in [0.29, 0.717) is 25.9 Å². The summed E-state index contributed by atoms with van der Waals surface area (Å²) in [6, 6.07) is -0.536. The quantitative estimate of drug-likeness (QED) is 0.0417. The van der Waals surface area contributed by atoms with Gasteiger partial charge in [0.15, 0.2) is 0 Å². The van der Waals surface area contributed by atoms with E-state index in [1.807, 2.05) is 0 Å². The zero-order chi connectivity index (χ0) is 47.2. The van der Waals surface area contributed by atoms with Gasteiger partial charge in [0.1, 0.15) is 0 Å². The molecule has 2 atom stereocenters. The molecule has 0 saturated heterocycles. The number of ether oxygens (including phenoxy) is 1. The predicted octanol–water partition coefficient (Wildman–Crippen LogP) is 18.3. The fourth-order valence-electron chi connectivity index (χ4n) is 9.58. The molecule has 0 rings (SSSR count). The van der Waals surface area contributed by atoms with Crippen LogP contribution in [-0.2, 0) is 14.3 Å². The summed E-state index contributed by atoms with van der Waals surface area (Å²) in [6.45, 7) is 4.96. The summed E-state index contributed by atoms with van der Waals surface area (Å²) in [7, 11) is 0. The maximum absolute atomic E-state index is 12.4. The van der Waals surface area contributed by atoms with E-state index >= 15 is 0 Å². The molecule has 6 heteroatoms. The number of carbonyl (C=O) groups excluding carboxylic acids is 2. The highest BCUT2D eigenvalue weighted by molar-refractivity contribution is 5.76. The monoisotopic (exact) mass is 920 g/mol. The minimum atomic E-state index is -0.659. The highest BCUT2D eigenvalue weighted by Crippen LogP contribution is 2.18. The summed E-state index contributed by atoms with van der Waals surface area (Å²) in [5.41, 5.74) is 0. The second-order valence-corrected chi connectivity index (χ2v) is 20.7. The molecule has 0 aliphatic rings. The van der Waals surface area contributed by atoms with E-state index in [1.165, 1.54) is 270 Å². The molecular formula is C59H117NO5. The molecule has 65 heavy (non-hydrogen) atoms. The van der Waals surface area contributed by atoms with Crippen molar-refractivity contribution in [3.05, 3.63) is 0 Å². The lowest BCUT2D eigenvalue weighted by molar-refractivity contribution is -0.143. The predicted molar refractivity (Wildman–Crippen MR) is 283 cm³/mol. The van der Waals surface area contributed by atoms with Crippen LogP contribution in [0.15, 0.2) is 0 Å². The average molecular weight is 921 g/mol. The van der Waals surface area contributed by atoms with Crippen molar-refractivity contribution in [2.45, 2.75) is 353 Å². The number of nitrogens with one attached hydrogen (secondary N) is 1. The number of hydrogen-bond acceptors (Lipinski definition) is 5. The van der Waals surface area contributed by atoms with Crippen LogP contribution in [0, 0.1) is 0 Å². The fraction of sp³-hybridized carbons (Fsp3) is 0.966. The van der Waals surface area contributed by atoms with Gasteiger partial charge in [-0.2, -0.15) is 0 Å². The third-order valence-corrected chi connectivity index (χ3v) is 14.2. The van der Waals surface area contributed by atoms with Crippen molar-refractivity contribution in [3.8, 4) is 0 Å². The van der Waals surface area contributed by atoms with Gasteiger partial charge in [0.05, 0.1) is 25.4 Å². The van der Waals surface area contributed by atoms with Gasteiger partial charge in [-0.1, -0.05) is 303 Å². The maximum atomic E-state index is 12.4. The van der Waals surface area contributed by atoms with Crippen LogP contribution in [0.1, 0.15) is 341 Å². The SMILES string of the molecule is CCCCCCCCCCCCCCCCC(=O)OCCCCCCCCCCCCCCCCCCCCCCCCCCCC(=O)NC(CO)C(O)CCCCCCCCCCC. The van der Waals surface area contributed by atoms with E-state index in [-0.39, 0.29) is 18.5 Å². The lowest BCUT2D eigenvalue weighted by Gasteiger charge is -2.22. The molecule has 3 N–H and O–H groups in total. The third kappa shape index (κ3) is 52.1. The number of aliphatic hydroxyl groups excluding tert-OH is 2. The van der Waals surface area contributed by atoms with Gasteiger partial charge in [0, 0.05) is 12.8 Å². The number of unbranched alkanes of at least 4 members (excludes halogenated alkanes) is 45. The molecule has 0 aromatic rings. The summed E-state index contributed by atoms with van der Waals surface area (Å²) in [5, 5.41) is 23.1. The van der Waals surface area contributed by atoms with Crippen LogP contribution in [0.2, 0.25) is 0 Å². The Morgan fingerprint density at radius 3 is 0.938 bits per heavy atom. The van der Waals surface area contributed by atoms with Crippen LogP contribution in [-0.4, -0.2) is 47.4 Å². The van der Waals surface area contributed by atoms with Gasteiger partial charge in [-0.15, -0.1) is 0 Å². The normalized spacial score (nSPS) is 12.5.